The first-order valence-corrected chi connectivity index (χ1v) is 9.54. The van der Waals surface area contributed by atoms with Gasteiger partial charge in [-0.1, -0.05) is 18.2 Å². The molecule has 29 heavy (non-hydrogen) atoms. The van der Waals surface area contributed by atoms with Gasteiger partial charge in [-0.05, 0) is 54.3 Å². The molecular weight excluding hydrogens is 368 g/mol. The van der Waals surface area contributed by atoms with Crippen LogP contribution in [-0.2, 0) is 17.6 Å². The number of hydrogen-bond acceptors (Lipinski definition) is 4. The van der Waals surface area contributed by atoms with Gasteiger partial charge in [0, 0.05) is 24.3 Å². The molecule has 0 saturated heterocycles. The number of nitrogens with one attached hydrogen (secondary N) is 1. The second-order valence-electron chi connectivity index (χ2n) is 6.92. The molecule has 4 rings (SSSR count). The molecule has 0 unspecified atom stereocenters. The predicted molar refractivity (Wildman–Crippen MR) is 110 cm³/mol. The lowest BCUT2D eigenvalue weighted by molar-refractivity contribution is -0.116. The number of aryl methyl sites for hydroxylation is 1. The van der Waals surface area contributed by atoms with Crippen LogP contribution < -0.4 is 15.0 Å². The molecule has 6 nitrogen and oxygen atoms in total. The van der Waals surface area contributed by atoms with Crippen molar-refractivity contribution >= 4 is 23.2 Å². The van der Waals surface area contributed by atoms with Crippen molar-refractivity contribution in [3.8, 4) is 5.75 Å². The van der Waals surface area contributed by atoms with E-state index in [4.69, 9.17) is 9.15 Å². The molecule has 1 N–H and O–H groups in total. The number of fused-ring (bicyclic) bond motifs is 1. The summed E-state index contributed by atoms with van der Waals surface area (Å²) in [6.07, 6.45) is 4.67. The average Bonchev–Trinajstić information content (AvgIpc) is 3.42. The topological polar surface area (TPSA) is 71.8 Å². The SMILES string of the molecule is COc1ccccc1CCC(=O)Nc1ccc2c(c1)CCN2C(=O)c1ccoc1. The molecule has 2 heterocycles. The lowest BCUT2D eigenvalue weighted by Crippen LogP contribution is -2.28. The third-order valence-corrected chi connectivity index (χ3v) is 5.09. The number of methoxy groups -OCH3 is 1. The van der Waals surface area contributed by atoms with Crippen LogP contribution in [-0.4, -0.2) is 25.5 Å². The summed E-state index contributed by atoms with van der Waals surface area (Å²) in [4.78, 5) is 26.7. The van der Waals surface area contributed by atoms with Gasteiger partial charge in [0.05, 0.1) is 18.9 Å². The number of carbonyl (C=O) groups excluding carboxylic acids is 2. The molecule has 1 aromatic heterocycles. The highest BCUT2D eigenvalue weighted by molar-refractivity contribution is 6.07. The number of carbonyl (C=O) groups is 2. The molecule has 0 aliphatic carbocycles. The van der Waals surface area contributed by atoms with Gasteiger partial charge in [0.25, 0.3) is 5.91 Å². The Morgan fingerprint density at radius 3 is 2.83 bits per heavy atom. The maximum absolute atomic E-state index is 12.6. The summed E-state index contributed by atoms with van der Waals surface area (Å²) in [7, 11) is 1.63. The first kappa shape index (κ1) is 18.8. The van der Waals surface area contributed by atoms with Gasteiger partial charge in [-0.3, -0.25) is 9.59 Å². The molecule has 148 valence electrons. The fourth-order valence-electron chi connectivity index (χ4n) is 3.61. The molecule has 0 fully saturated rings. The van der Waals surface area contributed by atoms with E-state index in [0.29, 0.717) is 24.9 Å². The molecule has 0 saturated carbocycles. The Labute approximate surface area is 169 Å². The van der Waals surface area contributed by atoms with E-state index < -0.39 is 0 Å². The van der Waals surface area contributed by atoms with Crippen molar-refractivity contribution in [1.82, 2.24) is 0 Å². The summed E-state index contributed by atoms with van der Waals surface area (Å²) in [6, 6.07) is 15.0. The van der Waals surface area contributed by atoms with Crippen LogP contribution in [0, 0.1) is 0 Å². The Morgan fingerprint density at radius 2 is 2.03 bits per heavy atom. The highest BCUT2D eigenvalue weighted by Gasteiger charge is 2.26. The number of benzene rings is 2. The third-order valence-electron chi connectivity index (χ3n) is 5.09. The quantitative estimate of drug-likeness (QED) is 0.689. The van der Waals surface area contributed by atoms with E-state index in [1.165, 1.54) is 12.5 Å². The molecule has 3 aromatic rings. The van der Waals surface area contributed by atoms with Crippen molar-refractivity contribution in [2.45, 2.75) is 19.3 Å². The maximum atomic E-state index is 12.6. The Kier molecular flexibility index (Phi) is 5.33. The average molecular weight is 390 g/mol. The lowest BCUT2D eigenvalue weighted by Gasteiger charge is -2.16. The van der Waals surface area contributed by atoms with E-state index in [1.807, 2.05) is 42.5 Å². The van der Waals surface area contributed by atoms with E-state index in [9.17, 15) is 9.59 Å². The standard InChI is InChI=1S/C23H22N2O4/c1-28-21-5-3-2-4-16(21)6-9-22(26)24-19-7-8-20-17(14-19)10-12-25(20)23(27)18-11-13-29-15-18/h2-5,7-8,11,13-15H,6,9-10,12H2,1H3,(H,24,26). The van der Waals surface area contributed by atoms with Crippen molar-refractivity contribution in [3.05, 3.63) is 77.7 Å². The minimum absolute atomic E-state index is 0.0554. The summed E-state index contributed by atoms with van der Waals surface area (Å²) in [6.45, 7) is 0.616. The van der Waals surface area contributed by atoms with Gasteiger partial charge < -0.3 is 19.4 Å². The summed E-state index contributed by atoms with van der Waals surface area (Å²) in [5, 5.41) is 2.95. The number of amides is 2. The normalized spacial score (nSPS) is 12.5. The zero-order valence-electron chi connectivity index (χ0n) is 16.2. The second kappa shape index (κ2) is 8.22. The minimum atomic E-state index is -0.0777. The number of ether oxygens (including phenoxy) is 1. The molecule has 0 radical (unpaired) electrons. The molecule has 6 heteroatoms. The fraction of sp³-hybridized carbons (Fsp3) is 0.217. The molecule has 0 bridgehead atoms. The van der Waals surface area contributed by atoms with Crippen LogP contribution in [0.25, 0.3) is 0 Å². The van der Waals surface area contributed by atoms with Crippen LogP contribution in [0.3, 0.4) is 0 Å². The zero-order chi connectivity index (χ0) is 20.2. The van der Waals surface area contributed by atoms with Crippen LogP contribution in [0.2, 0.25) is 0 Å². The molecular formula is C23H22N2O4. The monoisotopic (exact) mass is 390 g/mol. The van der Waals surface area contributed by atoms with Crippen molar-refractivity contribution in [2.75, 3.05) is 23.9 Å². The Hall–Kier alpha value is -3.54. The van der Waals surface area contributed by atoms with Gasteiger partial charge in [0.15, 0.2) is 0 Å². The predicted octanol–water partition coefficient (Wildman–Crippen LogP) is 4.06. The number of anilines is 2. The largest absolute Gasteiger partial charge is 0.496 e. The van der Waals surface area contributed by atoms with E-state index in [-0.39, 0.29) is 11.8 Å². The van der Waals surface area contributed by atoms with Crippen molar-refractivity contribution < 1.29 is 18.7 Å². The van der Waals surface area contributed by atoms with E-state index in [0.717, 1.165) is 34.7 Å². The van der Waals surface area contributed by atoms with Crippen LogP contribution >= 0.6 is 0 Å². The summed E-state index contributed by atoms with van der Waals surface area (Å²) in [5.74, 6) is 0.659. The number of hydrogen-bond donors (Lipinski definition) is 1. The smallest absolute Gasteiger partial charge is 0.261 e. The lowest BCUT2D eigenvalue weighted by atomic mass is 10.1. The van der Waals surface area contributed by atoms with E-state index in [2.05, 4.69) is 5.32 Å². The number of nitrogens with zero attached hydrogens (tertiary/aromatic N) is 1. The number of rotatable bonds is 6. The van der Waals surface area contributed by atoms with Gasteiger partial charge in [-0.25, -0.2) is 0 Å². The summed E-state index contributed by atoms with van der Waals surface area (Å²) in [5.41, 5.74) is 4.21. The highest BCUT2D eigenvalue weighted by atomic mass is 16.5. The Bertz CT molecular complexity index is 1030. The molecule has 2 aromatic carbocycles. The van der Waals surface area contributed by atoms with Gasteiger partial charge in [0.2, 0.25) is 5.91 Å². The van der Waals surface area contributed by atoms with Crippen LogP contribution in [0.15, 0.2) is 65.5 Å². The number of para-hydroxylation sites is 1. The van der Waals surface area contributed by atoms with E-state index in [1.54, 1.807) is 18.1 Å². The third kappa shape index (κ3) is 4.01. The van der Waals surface area contributed by atoms with Gasteiger partial charge in [-0.2, -0.15) is 0 Å². The maximum Gasteiger partial charge on any atom is 0.261 e. The van der Waals surface area contributed by atoms with Gasteiger partial charge in [0.1, 0.15) is 12.0 Å². The van der Waals surface area contributed by atoms with Gasteiger partial charge >= 0.3 is 0 Å². The van der Waals surface area contributed by atoms with Crippen molar-refractivity contribution in [3.63, 3.8) is 0 Å². The molecule has 0 atom stereocenters. The van der Waals surface area contributed by atoms with Crippen LogP contribution in [0.1, 0.15) is 27.9 Å². The first-order chi connectivity index (χ1) is 14.2. The highest BCUT2D eigenvalue weighted by Crippen LogP contribution is 2.32. The fourth-order valence-corrected chi connectivity index (χ4v) is 3.61. The Balaban J connectivity index is 1.39. The Morgan fingerprint density at radius 1 is 1.17 bits per heavy atom. The van der Waals surface area contributed by atoms with Crippen molar-refractivity contribution in [1.29, 1.82) is 0 Å². The number of furan rings is 1. The van der Waals surface area contributed by atoms with Crippen LogP contribution in [0.5, 0.6) is 5.75 Å². The zero-order valence-corrected chi connectivity index (χ0v) is 16.2. The minimum Gasteiger partial charge on any atom is -0.496 e. The first-order valence-electron chi connectivity index (χ1n) is 9.54. The second-order valence-corrected chi connectivity index (χ2v) is 6.92. The van der Waals surface area contributed by atoms with Crippen LogP contribution in [0.4, 0.5) is 11.4 Å². The van der Waals surface area contributed by atoms with Crippen molar-refractivity contribution in [2.24, 2.45) is 0 Å². The summed E-state index contributed by atoms with van der Waals surface area (Å²) >= 11 is 0. The molecule has 1 aliphatic rings. The molecule has 0 spiro atoms. The summed E-state index contributed by atoms with van der Waals surface area (Å²) < 4.78 is 10.3. The molecule has 1 aliphatic heterocycles. The van der Waals surface area contributed by atoms with Gasteiger partial charge in [-0.15, -0.1) is 0 Å². The van der Waals surface area contributed by atoms with E-state index >= 15 is 0 Å². The molecule has 2 amide bonds.